The van der Waals surface area contributed by atoms with Gasteiger partial charge >= 0.3 is 5.97 Å². The summed E-state index contributed by atoms with van der Waals surface area (Å²) < 4.78 is 0. The molecule has 18 heavy (non-hydrogen) atoms. The lowest BCUT2D eigenvalue weighted by Gasteiger charge is -2.19. The molecule has 2 fully saturated rings. The highest BCUT2D eigenvalue weighted by Gasteiger charge is 2.66. The summed E-state index contributed by atoms with van der Waals surface area (Å²) in [6, 6.07) is 0. The van der Waals surface area contributed by atoms with Crippen LogP contribution in [0.25, 0.3) is 0 Å². The number of aliphatic carboxylic acids is 1. The first-order chi connectivity index (χ1) is 8.35. The van der Waals surface area contributed by atoms with Gasteiger partial charge in [0.1, 0.15) is 0 Å². The molecule has 2 aliphatic rings. The first-order valence-electron chi connectivity index (χ1n) is 6.14. The summed E-state index contributed by atoms with van der Waals surface area (Å²) in [7, 11) is 0. The fourth-order valence-electron chi connectivity index (χ4n) is 2.75. The third-order valence-electron chi connectivity index (χ3n) is 3.93. The van der Waals surface area contributed by atoms with E-state index in [9.17, 15) is 14.4 Å². The van der Waals surface area contributed by atoms with Gasteiger partial charge in [0, 0.05) is 13.1 Å². The van der Waals surface area contributed by atoms with E-state index >= 15 is 0 Å². The van der Waals surface area contributed by atoms with Gasteiger partial charge in [0.15, 0.2) is 0 Å². The second kappa shape index (κ2) is 4.26. The van der Waals surface area contributed by atoms with Gasteiger partial charge in [-0.1, -0.05) is 13.8 Å². The Morgan fingerprint density at radius 3 is 2.61 bits per heavy atom. The lowest BCUT2D eigenvalue weighted by Crippen LogP contribution is -2.39. The van der Waals surface area contributed by atoms with Crippen molar-refractivity contribution >= 4 is 17.8 Å². The molecule has 0 radical (unpaired) electrons. The van der Waals surface area contributed by atoms with E-state index in [1.807, 2.05) is 0 Å². The highest BCUT2D eigenvalue weighted by atomic mass is 16.4. The van der Waals surface area contributed by atoms with Gasteiger partial charge in [-0.2, -0.15) is 0 Å². The van der Waals surface area contributed by atoms with E-state index in [4.69, 9.17) is 5.11 Å². The summed E-state index contributed by atoms with van der Waals surface area (Å²) in [5, 5.41) is 11.8. The van der Waals surface area contributed by atoms with Crippen molar-refractivity contribution < 1.29 is 19.5 Å². The quantitative estimate of drug-likeness (QED) is 0.708. The largest absolute Gasteiger partial charge is 0.481 e. The van der Waals surface area contributed by atoms with Crippen LogP contribution in [0.4, 0.5) is 0 Å². The number of carboxylic acid groups (broad SMARTS) is 1. The Kier molecular flexibility index (Phi) is 3.04. The third-order valence-corrected chi connectivity index (χ3v) is 3.93. The summed E-state index contributed by atoms with van der Waals surface area (Å²) in [5.74, 6) is -2.44. The highest BCUT2D eigenvalue weighted by Crippen LogP contribution is 2.59. The molecule has 2 N–H and O–H groups in total. The van der Waals surface area contributed by atoms with Crippen LogP contribution in [0.15, 0.2) is 0 Å². The zero-order valence-corrected chi connectivity index (χ0v) is 10.6. The van der Waals surface area contributed by atoms with Crippen LogP contribution < -0.4 is 5.32 Å². The monoisotopic (exact) mass is 254 g/mol. The second-order valence-corrected chi connectivity index (χ2v) is 5.58. The maximum atomic E-state index is 12.3. The van der Waals surface area contributed by atoms with Crippen LogP contribution in [0.2, 0.25) is 0 Å². The summed E-state index contributed by atoms with van der Waals surface area (Å²) in [6.45, 7) is 4.69. The van der Waals surface area contributed by atoms with Crippen molar-refractivity contribution in [2.24, 2.45) is 17.3 Å². The third kappa shape index (κ3) is 2.07. The number of nitrogens with zero attached hydrogens (tertiary/aromatic N) is 1. The Bertz CT molecular complexity index is 405. The van der Waals surface area contributed by atoms with Crippen LogP contribution in [0, 0.1) is 17.3 Å². The summed E-state index contributed by atoms with van der Waals surface area (Å²) >= 11 is 0. The van der Waals surface area contributed by atoms with Crippen LogP contribution in [0.1, 0.15) is 20.3 Å². The maximum Gasteiger partial charge on any atom is 0.307 e. The van der Waals surface area contributed by atoms with Crippen LogP contribution in [-0.4, -0.2) is 47.4 Å². The Balaban J connectivity index is 2.08. The molecule has 0 unspecified atom stereocenters. The average molecular weight is 254 g/mol. The van der Waals surface area contributed by atoms with Crippen molar-refractivity contribution in [3.05, 3.63) is 0 Å². The zero-order valence-electron chi connectivity index (χ0n) is 10.6. The van der Waals surface area contributed by atoms with Gasteiger partial charge in [-0.15, -0.1) is 0 Å². The number of carboxylic acids is 1. The minimum absolute atomic E-state index is 0.0394. The zero-order chi connectivity index (χ0) is 13.5. The smallest absolute Gasteiger partial charge is 0.307 e. The molecule has 0 aromatic rings. The Morgan fingerprint density at radius 2 is 2.06 bits per heavy atom. The molecule has 2 amide bonds. The molecule has 1 heterocycles. The topological polar surface area (TPSA) is 86.7 Å². The molecule has 0 aromatic heterocycles. The van der Waals surface area contributed by atoms with Crippen molar-refractivity contribution in [1.29, 1.82) is 0 Å². The predicted octanol–water partition coefficient (Wildman–Crippen LogP) is -0.308. The lowest BCUT2D eigenvalue weighted by atomic mass is 10.1. The van der Waals surface area contributed by atoms with E-state index < -0.39 is 23.2 Å². The number of amides is 2. The van der Waals surface area contributed by atoms with Gasteiger partial charge in [-0.25, -0.2) is 0 Å². The summed E-state index contributed by atoms with van der Waals surface area (Å²) in [4.78, 5) is 36.2. The lowest BCUT2D eigenvalue weighted by molar-refractivity contribution is -0.142. The standard InChI is InChI=1S/C12H18N2O4/c1-12(2)8(9(12)11(17)18)10(16)14-5-3-4-13-7(15)6-14/h8-9H,3-6H2,1-2H3,(H,13,15)(H,17,18)/t8-,9+/m1/s1. The van der Waals surface area contributed by atoms with Gasteiger partial charge in [-0.3, -0.25) is 14.4 Å². The molecule has 6 nitrogen and oxygen atoms in total. The van der Waals surface area contributed by atoms with Crippen molar-refractivity contribution in [3.8, 4) is 0 Å². The molecule has 6 heteroatoms. The van der Waals surface area contributed by atoms with E-state index in [1.54, 1.807) is 13.8 Å². The molecule has 1 aliphatic carbocycles. The minimum Gasteiger partial charge on any atom is -0.481 e. The molecular weight excluding hydrogens is 236 g/mol. The molecule has 2 rings (SSSR count). The SMILES string of the molecule is CC1(C)[C@H](C(=O)O)[C@@H]1C(=O)N1CCCNC(=O)C1. The van der Waals surface area contributed by atoms with Crippen molar-refractivity contribution in [2.45, 2.75) is 20.3 Å². The normalized spacial score (nSPS) is 30.3. The van der Waals surface area contributed by atoms with Crippen molar-refractivity contribution in [2.75, 3.05) is 19.6 Å². The Morgan fingerprint density at radius 1 is 1.39 bits per heavy atom. The summed E-state index contributed by atoms with van der Waals surface area (Å²) in [6.07, 6.45) is 0.711. The molecule has 2 atom stereocenters. The van der Waals surface area contributed by atoms with E-state index in [0.29, 0.717) is 19.5 Å². The van der Waals surface area contributed by atoms with Gasteiger partial charge in [0.2, 0.25) is 11.8 Å². The Labute approximate surface area is 105 Å². The van der Waals surface area contributed by atoms with E-state index in [2.05, 4.69) is 5.32 Å². The summed E-state index contributed by atoms with van der Waals surface area (Å²) in [5.41, 5.74) is -0.508. The van der Waals surface area contributed by atoms with E-state index in [0.717, 1.165) is 0 Å². The first-order valence-corrected chi connectivity index (χ1v) is 6.14. The molecule has 1 saturated heterocycles. The van der Waals surface area contributed by atoms with Crippen molar-refractivity contribution in [3.63, 3.8) is 0 Å². The number of rotatable bonds is 2. The van der Waals surface area contributed by atoms with Gasteiger partial charge < -0.3 is 15.3 Å². The maximum absolute atomic E-state index is 12.3. The number of nitrogens with one attached hydrogen (secondary N) is 1. The number of hydrogen-bond acceptors (Lipinski definition) is 3. The minimum atomic E-state index is -0.933. The van der Waals surface area contributed by atoms with E-state index in [1.165, 1.54) is 4.90 Å². The second-order valence-electron chi connectivity index (χ2n) is 5.58. The van der Waals surface area contributed by atoms with Gasteiger partial charge in [0.25, 0.3) is 0 Å². The first kappa shape index (κ1) is 12.9. The fourth-order valence-corrected chi connectivity index (χ4v) is 2.75. The van der Waals surface area contributed by atoms with Gasteiger partial charge in [0.05, 0.1) is 18.4 Å². The number of carbonyl (C=O) groups is 3. The predicted molar refractivity (Wildman–Crippen MR) is 62.6 cm³/mol. The average Bonchev–Trinajstić information content (AvgIpc) is 2.90. The van der Waals surface area contributed by atoms with Crippen LogP contribution in [0.5, 0.6) is 0 Å². The Hall–Kier alpha value is -1.59. The molecule has 0 aromatic carbocycles. The molecule has 0 spiro atoms. The van der Waals surface area contributed by atoms with Crippen LogP contribution >= 0.6 is 0 Å². The molecule has 100 valence electrons. The molecule has 1 aliphatic heterocycles. The van der Waals surface area contributed by atoms with Gasteiger partial charge in [-0.05, 0) is 11.8 Å². The van der Waals surface area contributed by atoms with Crippen molar-refractivity contribution in [1.82, 2.24) is 10.2 Å². The van der Waals surface area contributed by atoms with Crippen LogP contribution in [-0.2, 0) is 14.4 Å². The van der Waals surface area contributed by atoms with E-state index in [-0.39, 0.29) is 18.4 Å². The fraction of sp³-hybridized carbons (Fsp3) is 0.750. The highest BCUT2D eigenvalue weighted by molar-refractivity contribution is 5.93. The molecule has 1 saturated carbocycles. The number of carbonyl (C=O) groups excluding carboxylic acids is 2. The molecular formula is C12H18N2O4. The van der Waals surface area contributed by atoms with Crippen LogP contribution in [0.3, 0.4) is 0 Å². The molecule has 0 bridgehead atoms. The number of hydrogen-bond donors (Lipinski definition) is 2.